The number of hydrogen-bond donors (Lipinski definition) is 3. The van der Waals surface area contributed by atoms with Crippen LogP contribution in [-0.2, 0) is 9.47 Å². The number of anilines is 1. The van der Waals surface area contributed by atoms with Crippen LogP contribution in [0.25, 0.3) is 0 Å². The van der Waals surface area contributed by atoms with Crippen LogP contribution in [0.2, 0.25) is 0 Å². The molecule has 11 heteroatoms. The summed E-state index contributed by atoms with van der Waals surface area (Å²) in [5.74, 6) is 1.68. The third-order valence-corrected chi connectivity index (χ3v) is 4.79. The number of carbonyl (C=O) groups excluding carboxylic acids is 1. The van der Waals surface area contributed by atoms with E-state index in [9.17, 15) is 9.90 Å². The highest BCUT2D eigenvalue weighted by molar-refractivity contribution is 9.10. The maximum absolute atomic E-state index is 12.3. The molecule has 3 N–H and O–H groups in total. The van der Waals surface area contributed by atoms with Crippen molar-refractivity contribution < 1.29 is 28.8 Å². The van der Waals surface area contributed by atoms with E-state index in [0.717, 1.165) is 6.26 Å². The summed E-state index contributed by atoms with van der Waals surface area (Å²) in [7, 11) is 6.05. The largest absolute Gasteiger partial charge is 0.516 e. The molecule has 0 aliphatic heterocycles. The van der Waals surface area contributed by atoms with Crippen molar-refractivity contribution in [2.75, 3.05) is 33.7 Å². The number of aliphatic hydroxyl groups excluding tert-OH is 1. The number of nitrogens with one attached hydrogen (secondary N) is 2. The summed E-state index contributed by atoms with van der Waals surface area (Å²) in [6, 6.07) is 4.82. The molecule has 2 aromatic rings. The van der Waals surface area contributed by atoms with Gasteiger partial charge in [0.2, 0.25) is 11.8 Å². The van der Waals surface area contributed by atoms with Crippen molar-refractivity contribution in [1.82, 2.24) is 15.3 Å². The normalized spacial score (nSPS) is 12.1. The molecule has 10 nitrogen and oxygen atoms in total. The standard InChI is InChI=1S/C22H25BrN4O6/c1-13(30-3)18(32-5)10-14(8-9-28)26-22-25-12-17(23)21(27-22)33-19-11-15(31-4)6-7-16(19)20(29)24-2/h6-12,28H,1-5H3,(H,24,29)(H,25,26,27)/b9-8+,14-10+,18-13-. The van der Waals surface area contributed by atoms with Crippen LogP contribution in [0, 0.1) is 0 Å². The lowest BCUT2D eigenvalue weighted by molar-refractivity contribution is 0.0960. The fraction of sp³-hybridized carbons (Fsp3) is 0.227. The molecule has 1 aromatic heterocycles. The zero-order chi connectivity index (χ0) is 24.4. The van der Waals surface area contributed by atoms with Gasteiger partial charge < -0.3 is 34.7 Å². The molecule has 1 heterocycles. The lowest BCUT2D eigenvalue weighted by Crippen LogP contribution is -2.18. The molecule has 0 bridgehead atoms. The summed E-state index contributed by atoms with van der Waals surface area (Å²) >= 11 is 3.36. The second kappa shape index (κ2) is 12.3. The third-order valence-electron chi connectivity index (χ3n) is 4.25. The predicted octanol–water partition coefficient (Wildman–Crippen LogP) is 4.29. The third kappa shape index (κ3) is 6.88. The van der Waals surface area contributed by atoms with Crippen LogP contribution in [0.4, 0.5) is 5.95 Å². The molecule has 0 atom stereocenters. The first-order valence-electron chi connectivity index (χ1n) is 9.55. The molecular formula is C22H25BrN4O6. The van der Waals surface area contributed by atoms with Gasteiger partial charge in [0.25, 0.3) is 5.91 Å². The number of rotatable bonds is 10. The highest BCUT2D eigenvalue weighted by atomic mass is 79.9. The van der Waals surface area contributed by atoms with Gasteiger partial charge in [-0.3, -0.25) is 4.79 Å². The van der Waals surface area contributed by atoms with Crippen molar-refractivity contribution in [3.8, 4) is 17.4 Å². The van der Waals surface area contributed by atoms with Crippen LogP contribution in [-0.4, -0.2) is 49.4 Å². The zero-order valence-corrected chi connectivity index (χ0v) is 20.4. The van der Waals surface area contributed by atoms with Gasteiger partial charge in [0.1, 0.15) is 17.3 Å². The molecule has 0 radical (unpaired) electrons. The molecule has 176 valence electrons. The number of halogens is 1. The molecule has 2 rings (SSSR count). The number of nitrogens with zero attached hydrogens (tertiary/aromatic N) is 2. The Morgan fingerprint density at radius 2 is 1.97 bits per heavy atom. The number of aromatic nitrogens is 2. The van der Waals surface area contributed by atoms with Gasteiger partial charge in [-0.15, -0.1) is 0 Å². The Bertz CT molecular complexity index is 1080. The molecule has 0 fully saturated rings. The van der Waals surface area contributed by atoms with Crippen molar-refractivity contribution >= 4 is 27.8 Å². The fourth-order valence-corrected chi connectivity index (χ4v) is 2.78. The maximum Gasteiger partial charge on any atom is 0.254 e. The Kier molecular flexibility index (Phi) is 9.55. The fourth-order valence-electron chi connectivity index (χ4n) is 2.51. The van der Waals surface area contributed by atoms with Crippen molar-refractivity contribution in [3.05, 3.63) is 70.1 Å². The van der Waals surface area contributed by atoms with Crippen LogP contribution in [0.3, 0.4) is 0 Å². The van der Waals surface area contributed by atoms with Crippen molar-refractivity contribution in [2.24, 2.45) is 0 Å². The Labute approximate surface area is 200 Å². The summed E-state index contributed by atoms with van der Waals surface area (Å²) in [6.45, 7) is 1.73. The number of methoxy groups -OCH3 is 3. The predicted molar refractivity (Wildman–Crippen MR) is 126 cm³/mol. The second-order valence-corrected chi connectivity index (χ2v) is 7.11. The Morgan fingerprint density at radius 3 is 2.58 bits per heavy atom. The Balaban J connectivity index is 2.43. The van der Waals surface area contributed by atoms with E-state index in [1.807, 2.05) is 0 Å². The van der Waals surface area contributed by atoms with E-state index in [1.165, 1.54) is 40.6 Å². The van der Waals surface area contributed by atoms with Crippen LogP contribution < -0.4 is 20.1 Å². The van der Waals surface area contributed by atoms with E-state index in [4.69, 9.17) is 18.9 Å². The minimum Gasteiger partial charge on any atom is -0.516 e. The molecule has 33 heavy (non-hydrogen) atoms. The SMILES string of the molecule is CNC(=O)c1ccc(OC)cc1Oc1nc(NC(/C=C/O)=C/C(OC)=C(\C)OC)ncc1Br. The molecule has 0 saturated carbocycles. The molecule has 0 aliphatic rings. The number of amides is 1. The number of carbonyl (C=O) groups is 1. The lowest BCUT2D eigenvalue weighted by atomic mass is 10.2. The number of benzene rings is 1. The summed E-state index contributed by atoms with van der Waals surface area (Å²) in [5, 5.41) is 14.8. The van der Waals surface area contributed by atoms with Crippen LogP contribution >= 0.6 is 15.9 Å². The molecule has 0 spiro atoms. The number of allylic oxidation sites excluding steroid dienone is 3. The van der Waals surface area contributed by atoms with E-state index in [2.05, 4.69) is 36.5 Å². The quantitative estimate of drug-likeness (QED) is 0.310. The first kappa shape index (κ1) is 25.5. The Morgan fingerprint density at radius 1 is 1.21 bits per heavy atom. The first-order valence-corrected chi connectivity index (χ1v) is 10.3. The average molecular weight is 521 g/mol. The molecule has 0 saturated heterocycles. The molecule has 0 unspecified atom stereocenters. The maximum atomic E-state index is 12.3. The highest BCUT2D eigenvalue weighted by Gasteiger charge is 2.16. The number of aliphatic hydroxyl groups is 1. The highest BCUT2D eigenvalue weighted by Crippen LogP contribution is 2.33. The van der Waals surface area contributed by atoms with Gasteiger partial charge in [0.05, 0.1) is 43.8 Å². The minimum absolute atomic E-state index is 0.147. The summed E-state index contributed by atoms with van der Waals surface area (Å²) in [6.07, 6.45) is 5.33. The Hall–Kier alpha value is -3.73. The molecular weight excluding hydrogens is 496 g/mol. The average Bonchev–Trinajstić information content (AvgIpc) is 2.83. The lowest BCUT2D eigenvalue weighted by Gasteiger charge is -2.14. The van der Waals surface area contributed by atoms with E-state index in [0.29, 0.717) is 33.0 Å². The van der Waals surface area contributed by atoms with Crippen LogP contribution in [0.1, 0.15) is 17.3 Å². The van der Waals surface area contributed by atoms with Gasteiger partial charge in [-0.05, 0) is 41.1 Å². The van der Waals surface area contributed by atoms with E-state index in [-0.39, 0.29) is 23.5 Å². The van der Waals surface area contributed by atoms with E-state index >= 15 is 0 Å². The molecule has 1 aromatic carbocycles. The summed E-state index contributed by atoms with van der Waals surface area (Å²) in [4.78, 5) is 20.8. The minimum atomic E-state index is -0.332. The second-order valence-electron chi connectivity index (χ2n) is 6.26. The van der Waals surface area contributed by atoms with Crippen molar-refractivity contribution in [2.45, 2.75) is 6.92 Å². The van der Waals surface area contributed by atoms with Crippen molar-refractivity contribution in [1.29, 1.82) is 0 Å². The van der Waals surface area contributed by atoms with Crippen LogP contribution in [0.5, 0.6) is 17.4 Å². The summed E-state index contributed by atoms with van der Waals surface area (Å²) < 4.78 is 22.1. The van der Waals surface area contributed by atoms with E-state index < -0.39 is 0 Å². The van der Waals surface area contributed by atoms with Gasteiger partial charge in [0.15, 0.2) is 5.76 Å². The summed E-state index contributed by atoms with van der Waals surface area (Å²) in [5.41, 5.74) is 0.707. The van der Waals surface area contributed by atoms with E-state index in [1.54, 1.807) is 31.2 Å². The van der Waals surface area contributed by atoms with Gasteiger partial charge >= 0.3 is 0 Å². The van der Waals surface area contributed by atoms with Gasteiger partial charge in [-0.1, -0.05) is 0 Å². The topological polar surface area (TPSA) is 124 Å². The molecule has 1 amide bonds. The zero-order valence-electron chi connectivity index (χ0n) is 18.8. The smallest absolute Gasteiger partial charge is 0.254 e. The number of hydrogen-bond acceptors (Lipinski definition) is 9. The van der Waals surface area contributed by atoms with Crippen LogP contribution in [0.15, 0.2) is 64.5 Å². The van der Waals surface area contributed by atoms with Gasteiger partial charge in [0, 0.05) is 24.9 Å². The number of ether oxygens (including phenoxy) is 4. The van der Waals surface area contributed by atoms with Gasteiger partial charge in [-0.25, -0.2) is 4.98 Å². The molecule has 0 aliphatic carbocycles. The first-order chi connectivity index (χ1) is 15.9. The monoisotopic (exact) mass is 520 g/mol. The van der Waals surface area contributed by atoms with Gasteiger partial charge in [-0.2, -0.15) is 4.98 Å². The van der Waals surface area contributed by atoms with Crippen molar-refractivity contribution in [3.63, 3.8) is 0 Å².